The minimum Gasteiger partial charge on any atom is -0.383 e. The van der Waals surface area contributed by atoms with E-state index in [0.29, 0.717) is 11.6 Å². The molecule has 2 aromatic rings. The molecular weight excluding hydrogens is 234 g/mol. The van der Waals surface area contributed by atoms with Crippen LogP contribution in [0.3, 0.4) is 0 Å². The third-order valence-corrected chi connectivity index (χ3v) is 3.87. The summed E-state index contributed by atoms with van der Waals surface area (Å²) in [5.41, 5.74) is 13.1. The number of thioether (sulfide) groups is 1. The standard InChI is InChI=1S/C11H11N5S/c12-9-8-10(15-6-14-9)16-11(13,17-8)7-4-2-1-3-5-7/h1-6H,13H2,(H3,12,14,15,16). The molecule has 5 N–H and O–H groups in total. The van der Waals surface area contributed by atoms with Crippen molar-refractivity contribution in [1.82, 2.24) is 9.97 Å². The summed E-state index contributed by atoms with van der Waals surface area (Å²) in [6, 6.07) is 9.78. The Morgan fingerprint density at radius 1 is 1.18 bits per heavy atom. The summed E-state index contributed by atoms with van der Waals surface area (Å²) in [6.45, 7) is 0. The summed E-state index contributed by atoms with van der Waals surface area (Å²) in [7, 11) is 0. The van der Waals surface area contributed by atoms with Crippen molar-refractivity contribution in [3.8, 4) is 0 Å². The van der Waals surface area contributed by atoms with Crippen molar-refractivity contribution in [2.75, 3.05) is 11.1 Å². The second kappa shape index (κ2) is 3.61. The molecular formula is C11H11N5S. The average Bonchev–Trinajstić information content (AvgIpc) is 2.70. The maximum absolute atomic E-state index is 6.33. The van der Waals surface area contributed by atoms with Crippen molar-refractivity contribution < 1.29 is 0 Å². The number of hydrogen-bond donors (Lipinski definition) is 3. The molecule has 1 aromatic heterocycles. The summed E-state index contributed by atoms with van der Waals surface area (Å²) in [5, 5.41) is 3.18. The lowest BCUT2D eigenvalue weighted by Crippen LogP contribution is -2.38. The predicted molar refractivity (Wildman–Crippen MR) is 68.2 cm³/mol. The van der Waals surface area contributed by atoms with Crippen LogP contribution >= 0.6 is 11.8 Å². The molecule has 0 radical (unpaired) electrons. The van der Waals surface area contributed by atoms with E-state index >= 15 is 0 Å². The van der Waals surface area contributed by atoms with Crippen molar-refractivity contribution in [3.05, 3.63) is 42.2 Å². The maximum atomic E-state index is 6.33. The van der Waals surface area contributed by atoms with Gasteiger partial charge in [-0.15, -0.1) is 0 Å². The largest absolute Gasteiger partial charge is 0.383 e. The lowest BCUT2D eigenvalue weighted by molar-refractivity contribution is 0.764. The molecule has 0 saturated heterocycles. The lowest BCUT2D eigenvalue weighted by atomic mass is 10.2. The van der Waals surface area contributed by atoms with Crippen molar-refractivity contribution >= 4 is 23.4 Å². The van der Waals surface area contributed by atoms with Crippen LogP contribution in [0.2, 0.25) is 0 Å². The van der Waals surface area contributed by atoms with Crippen molar-refractivity contribution in [3.63, 3.8) is 0 Å². The Bertz CT molecular complexity index is 559. The molecule has 1 aliphatic heterocycles. The number of nitrogens with zero attached hydrogens (tertiary/aromatic N) is 2. The topological polar surface area (TPSA) is 89.8 Å². The summed E-state index contributed by atoms with van der Waals surface area (Å²) in [5.74, 6) is 1.14. The normalized spacial score (nSPS) is 21.9. The van der Waals surface area contributed by atoms with Crippen LogP contribution in [0.15, 0.2) is 41.6 Å². The van der Waals surface area contributed by atoms with Gasteiger partial charge in [0.25, 0.3) is 0 Å². The monoisotopic (exact) mass is 245 g/mol. The summed E-state index contributed by atoms with van der Waals surface area (Å²) < 4.78 is 0. The first kappa shape index (κ1) is 10.4. The number of fused-ring (bicyclic) bond motifs is 1. The molecule has 0 spiro atoms. The first-order valence-electron chi connectivity index (χ1n) is 5.11. The highest BCUT2D eigenvalue weighted by atomic mass is 32.2. The molecule has 17 heavy (non-hydrogen) atoms. The van der Waals surface area contributed by atoms with Gasteiger partial charge in [0, 0.05) is 5.56 Å². The van der Waals surface area contributed by atoms with Gasteiger partial charge in [0.2, 0.25) is 0 Å². The molecule has 0 saturated carbocycles. The Kier molecular flexibility index (Phi) is 2.20. The molecule has 2 heterocycles. The lowest BCUT2D eigenvalue weighted by Gasteiger charge is -2.23. The van der Waals surface area contributed by atoms with Gasteiger partial charge in [-0.2, -0.15) is 0 Å². The van der Waals surface area contributed by atoms with Crippen LogP contribution in [0, 0.1) is 0 Å². The zero-order valence-electron chi connectivity index (χ0n) is 8.92. The number of nitrogen functional groups attached to an aromatic ring is 1. The highest BCUT2D eigenvalue weighted by molar-refractivity contribution is 8.01. The number of nitrogens with two attached hydrogens (primary N) is 2. The van der Waals surface area contributed by atoms with E-state index in [9.17, 15) is 0 Å². The van der Waals surface area contributed by atoms with E-state index in [4.69, 9.17) is 11.5 Å². The van der Waals surface area contributed by atoms with E-state index in [2.05, 4.69) is 15.3 Å². The van der Waals surface area contributed by atoms with Crippen LogP contribution in [0.25, 0.3) is 0 Å². The van der Waals surface area contributed by atoms with Gasteiger partial charge in [0.1, 0.15) is 18.0 Å². The quantitative estimate of drug-likeness (QED) is 0.702. The minimum atomic E-state index is -0.728. The molecule has 0 amide bonds. The van der Waals surface area contributed by atoms with E-state index in [1.54, 1.807) is 0 Å². The Balaban J connectivity index is 2.03. The van der Waals surface area contributed by atoms with Crippen molar-refractivity contribution in [2.45, 2.75) is 9.89 Å². The second-order valence-electron chi connectivity index (χ2n) is 3.77. The fourth-order valence-electron chi connectivity index (χ4n) is 1.76. The number of anilines is 2. The Morgan fingerprint density at radius 2 is 1.94 bits per heavy atom. The molecule has 0 aliphatic carbocycles. The van der Waals surface area contributed by atoms with Gasteiger partial charge < -0.3 is 11.1 Å². The van der Waals surface area contributed by atoms with Gasteiger partial charge in [-0.1, -0.05) is 42.1 Å². The average molecular weight is 245 g/mol. The first-order chi connectivity index (χ1) is 8.19. The first-order valence-corrected chi connectivity index (χ1v) is 5.93. The third kappa shape index (κ3) is 1.62. The molecule has 0 fully saturated rings. The number of nitrogens with one attached hydrogen (secondary N) is 1. The van der Waals surface area contributed by atoms with Crippen molar-refractivity contribution in [2.24, 2.45) is 5.73 Å². The smallest absolute Gasteiger partial charge is 0.167 e. The minimum absolute atomic E-state index is 0.454. The Morgan fingerprint density at radius 3 is 2.65 bits per heavy atom. The molecule has 1 aliphatic rings. The van der Waals surface area contributed by atoms with Gasteiger partial charge in [-0.3, -0.25) is 5.73 Å². The van der Waals surface area contributed by atoms with Gasteiger partial charge >= 0.3 is 0 Å². The van der Waals surface area contributed by atoms with Crippen LogP contribution in [-0.2, 0) is 4.99 Å². The van der Waals surface area contributed by atoms with E-state index in [-0.39, 0.29) is 0 Å². The number of benzene rings is 1. The molecule has 3 rings (SSSR count). The predicted octanol–water partition coefficient (Wildman–Crippen LogP) is 1.35. The van der Waals surface area contributed by atoms with Gasteiger partial charge in [-0.25, -0.2) is 9.97 Å². The van der Waals surface area contributed by atoms with E-state index in [1.165, 1.54) is 18.1 Å². The molecule has 5 nitrogen and oxygen atoms in total. The molecule has 0 bridgehead atoms. The zero-order chi connectivity index (χ0) is 11.9. The molecule has 1 aromatic carbocycles. The van der Waals surface area contributed by atoms with E-state index in [0.717, 1.165) is 10.5 Å². The van der Waals surface area contributed by atoms with Crippen LogP contribution in [-0.4, -0.2) is 9.97 Å². The highest BCUT2D eigenvalue weighted by Crippen LogP contribution is 2.48. The van der Waals surface area contributed by atoms with Crippen LogP contribution < -0.4 is 16.8 Å². The highest BCUT2D eigenvalue weighted by Gasteiger charge is 2.38. The van der Waals surface area contributed by atoms with Gasteiger partial charge in [0.15, 0.2) is 4.99 Å². The van der Waals surface area contributed by atoms with Crippen LogP contribution in [0.1, 0.15) is 5.56 Å². The molecule has 1 atom stereocenters. The molecule has 1 unspecified atom stereocenters. The van der Waals surface area contributed by atoms with E-state index < -0.39 is 4.99 Å². The summed E-state index contributed by atoms with van der Waals surface area (Å²) in [4.78, 5) is 8.17. The third-order valence-electron chi connectivity index (χ3n) is 2.60. The van der Waals surface area contributed by atoms with Crippen LogP contribution in [0.4, 0.5) is 11.6 Å². The maximum Gasteiger partial charge on any atom is 0.167 e. The summed E-state index contributed by atoms with van der Waals surface area (Å²) in [6.07, 6.45) is 1.43. The van der Waals surface area contributed by atoms with E-state index in [1.807, 2.05) is 30.3 Å². The number of rotatable bonds is 1. The van der Waals surface area contributed by atoms with Gasteiger partial charge in [-0.05, 0) is 0 Å². The summed E-state index contributed by atoms with van der Waals surface area (Å²) >= 11 is 1.43. The fraction of sp³-hybridized carbons (Fsp3) is 0.0909. The number of hydrogen-bond acceptors (Lipinski definition) is 6. The SMILES string of the molecule is Nc1ncnc2c1SC(N)(c1ccccc1)N2. The Labute approximate surface area is 103 Å². The zero-order valence-corrected chi connectivity index (χ0v) is 9.74. The van der Waals surface area contributed by atoms with Crippen molar-refractivity contribution in [1.29, 1.82) is 0 Å². The van der Waals surface area contributed by atoms with Crippen LogP contribution in [0.5, 0.6) is 0 Å². The second-order valence-corrected chi connectivity index (χ2v) is 5.02. The molecule has 6 heteroatoms. The van der Waals surface area contributed by atoms with Gasteiger partial charge in [0.05, 0.1) is 4.90 Å². The number of aromatic nitrogens is 2. The Hall–Kier alpha value is -1.79. The fourth-order valence-corrected chi connectivity index (χ4v) is 2.84. The molecule has 86 valence electrons.